The molecule has 3 aliphatic rings. The Bertz CT molecular complexity index is 853. The predicted octanol–water partition coefficient (Wildman–Crippen LogP) is 1.15. The van der Waals surface area contributed by atoms with Crippen molar-refractivity contribution in [1.29, 1.82) is 0 Å². The molecule has 8 heteroatoms. The Balaban J connectivity index is 1.38. The number of hydrogen-bond donors (Lipinski definition) is 0. The Kier molecular flexibility index (Phi) is 4.94. The summed E-state index contributed by atoms with van der Waals surface area (Å²) in [6, 6.07) is 7.45. The largest absolute Gasteiger partial charge is 0.349 e. The van der Waals surface area contributed by atoms with E-state index in [0.29, 0.717) is 17.4 Å². The van der Waals surface area contributed by atoms with E-state index in [1.54, 1.807) is 36.2 Å². The molecule has 0 bridgehead atoms. The first-order chi connectivity index (χ1) is 13.0. The summed E-state index contributed by atoms with van der Waals surface area (Å²) < 4.78 is 28.3. The maximum absolute atomic E-state index is 12.7. The highest BCUT2D eigenvalue weighted by molar-refractivity contribution is 7.90. The van der Waals surface area contributed by atoms with Gasteiger partial charge in [0.25, 0.3) is 10.0 Å². The van der Waals surface area contributed by atoms with Crippen LogP contribution in [0, 0.1) is 0 Å². The molecule has 0 radical (unpaired) electrons. The lowest BCUT2D eigenvalue weighted by Crippen LogP contribution is -2.53. The van der Waals surface area contributed by atoms with Crippen molar-refractivity contribution in [3.8, 4) is 0 Å². The van der Waals surface area contributed by atoms with Gasteiger partial charge >= 0.3 is 0 Å². The number of hydrogen-bond acceptors (Lipinski definition) is 5. The van der Waals surface area contributed by atoms with E-state index in [2.05, 4.69) is 9.30 Å². The smallest absolute Gasteiger partial charge is 0.285 e. The number of benzene rings is 1. The van der Waals surface area contributed by atoms with Gasteiger partial charge in [0.15, 0.2) is 5.84 Å². The molecule has 1 saturated carbocycles. The van der Waals surface area contributed by atoms with Gasteiger partial charge in [0.05, 0.1) is 6.54 Å². The first-order valence-corrected chi connectivity index (χ1v) is 11.1. The number of amidine groups is 1. The highest BCUT2D eigenvalue weighted by Gasteiger charge is 2.32. The van der Waals surface area contributed by atoms with Gasteiger partial charge in [0.1, 0.15) is 4.90 Å². The van der Waals surface area contributed by atoms with Gasteiger partial charge < -0.3 is 9.80 Å². The number of sulfonamides is 1. The van der Waals surface area contributed by atoms with Crippen molar-refractivity contribution < 1.29 is 13.2 Å². The molecule has 1 amide bonds. The van der Waals surface area contributed by atoms with E-state index < -0.39 is 10.0 Å². The van der Waals surface area contributed by atoms with Crippen LogP contribution in [-0.4, -0.2) is 80.7 Å². The molecule has 4 rings (SSSR count). The molecule has 0 aromatic heterocycles. The van der Waals surface area contributed by atoms with Gasteiger partial charge in [-0.15, -0.1) is 4.40 Å². The number of likely N-dealkylation sites (N-methyl/N-ethyl adjacent to an activating group) is 1. The van der Waals surface area contributed by atoms with E-state index in [0.717, 1.165) is 26.2 Å². The number of carbonyl (C=O) groups is 1. The minimum atomic E-state index is -3.66. The third kappa shape index (κ3) is 3.60. The second-order valence-corrected chi connectivity index (χ2v) is 9.17. The fourth-order valence-electron chi connectivity index (χ4n) is 4.35. The fourth-order valence-corrected chi connectivity index (χ4v) is 5.60. The van der Waals surface area contributed by atoms with Gasteiger partial charge in [-0.05, 0) is 25.0 Å². The SMILES string of the molecule is CN(CC(=O)N1CCN(C2CCCC2)CC1)C1=NS(=O)(=O)c2ccccc21. The Hall–Kier alpha value is -1.93. The number of carbonyl (C=O) groups excluding carboxylic acids is 1. The molecule has 27 heavy (non-hydrogen) atoms. The van der Waals surface area contributed by atoms with E-state index in [-0.39, 0.29) is 17.3 Å². The molecule has 2 heterocycles. The maximum atomic E-state index is 12.7. The zero-order chi connectivity index (χ0) is 19.0. The lowest BCUT2D eigenvalue weighted by Gasteiger charge is -2.38. The van der Waals surface area contributed by atoms with Crippen LogP contribution in [0.4, 0.5) is 0 Å². The summed E-state index contributed by atoms with van der Waals surface area (Å²) in [6.45, 7) is 3.47. The number of piperazine rings is 1. The van der Waals surface area contributed by atoms with Crippen molar-refractivity contribution in [3.63, 3.8) is 0 Å². The minimum Gasteiger partial charge on any atom is -0.349 e. The molecule has 0 spiro atoms. The standard InChI is InChI=1S/C19H26N4O3S/c1-21(19-16-8-4-5-9-17(16)27(25,26)20-19)14-18(24)23-12-10-22(11-13-23)15-6-2-3-7-15/h4-5,8-9,15H,2-3,6-7,10-14H2,1H3. The van der Waals surface area contributed by atoms with Crippen LogP contribution in [0.2, 0.25) is 0 Å². The molecular formula is C19H26N4O3S. The Labute approximate surface area is 160 Å². The van der Waals surface area contributed by atoms with Crippen molar-refractivity contribution in [2.75, 3.05) is 39.8 Å². The van der Waals surface area contributed by atoms with Crippen LogP contribution in [0.15, 0.2) is 33.6 Å². The van der Waals surface area contributed by atoms with Crippen LogP contribution in [-0.2, 0) is 14.8 Å². The van der Waals surface area contributed by atoms with Gasteiger partial charge in [0, 0.05) is 44.8 Å². The average Bonchev–Trinajstić information content (AvgIpc) is 3.29. The maximum Gasteiger partial charge on any atom is 0.285 e. The summed E-state index contributed by atoms with van der Waals surface area (Å²) in [5, 5.41) is 0. The van der Waals surface area contributed by atoms with Gasteiger partial charge in [-0.25, -0.2) is 0 Å². The van der Waals surface area contributed by atoms with Crippen LogP contribution in [0.5, 0.6) is 0 Å². The summed E-state index contributed by atoms with van der Waals surface area (Å²) >= 11 is 0. The van der Waals surface area contributed by atoms with Crippen molar-refractivity contribution in [1.82, 2.24) is 14.7 Å². The third-order valence-electron chi connectivity index (χ3n) is 5.85. The predicted molar refractivity (Wildman–Crippen MR) is 103 cm³/mol. The molecule has 0 atom stereocenters. The first kappa shape index (κ1) is 18.4. The third-order valence-corrected chi connectivity index (χ3v) is 7.18. The summed E-state index contributed by atoms with van der Waals surface area (Å²) in [4.78, 5) is 19.0. The second-order valence-electron chi connectivity index (χ2n) is 7.60. The van der Waals surface area contributed by atoms with Gasteiger partial charge in [-0.1, -0.05) is 25.0 Å². The molecule has 146 valence electrons. The average molecular weight is 391 g/mol. The molecule has 0 N–H and O–H groups in total. The van der Waals surface area contributed by atoms with Crippen LogP contribution in [0.25, 0.3) is 0 Å². The molecule has 1 aromatic carbocycles. The lowest BCUT2D eigenvalue weighted by atomic mass is 10.1. The molecular weight excluding hydrogens is 364 g/mol. The molecule has 0 unspecified atom stereocenters. The Morgan fingerprint density at radius 2 is 1.81 bits per heavy atom. The van der Waals surface area contributed by atoms with Gasteiger partial charge in [-0.2, -0.15) is 8.42 Å². The molecule has 7 nitrogen and oxygen atoms in total. The van der Waals surface area contributed by atoms with Crippen molar-refractivity contribution in [2.24, 2.45) is 4.40 Å². The van der Waals surface area contributed by atoms with Crippen LogP contribution >= 0.6 is 0 Å². The van der Waals surface area contributed by atoms with E-state index in [4.69, 9.17) is 0 Å². The van der Waals surface area contributed by atoms with E-state index in [1.165, 1.54) is 25.7 Å². The normalized spacial score (nSPS) is 22.6. The van der Waals surface area contributed by atoms with E-state index >= 15 is 0 Å². The number of nitrogens with zero attached hydrogens (tertiary/aromatic N) is 4. The summed E-state index contributed by atoms with van der Waals surface area (Å²) in [7, 11) is -1.94. The Morgan fingerprint density at radius 1 is 1.15 bits per heavy atom. The zero-order valence-electron chi connectivity index (χ0n) is 15.7. The molecule has 1 aromatic rings. The summed E-state index contributed by atoms with van der Waals surface area (Å²) in [6.07, 6.45) is 5.21. The van der Waals surface area contributed by atoms with Crippen molar-refractivity contribution >= 4 is 21.8 Å². The van der Waals surface area contributed by atoms with E-state index in [9.17, 15) is 13.2 Å². The van der Waals surface area contributed by atoms with E-state index in [1.807, 2.05) is 4.90 Å². The zero-order valence-corrected chi connectivity index (χ0v) is 16.5. The second kappa shape index (κ2) is 7.24. The molecule has 2 fully saturated rings. The molecule has 2 aliphatic heterocycles. The van der Waals surface area contributed by atoms with Crippen molar-refractivity contribution in [3.05, 3.63) is 29.8 Å². The van der Waals surface area contributed by atoms with Crippen LogP contribution in [0.3, 0.4) is 0 Å². The highest BCUT2D eigenvalue weighted by Crippen LogP contribution is 2.27. The van der Waals surface area contributed by atoms with Crippen LogP contribution in [0.1, 0.15) is 31.2 Å². The Morgan fingerprint density at radius 3 is 2.52 bits per heavy atom. The summed E-state index contributed by atoms with van der Waals surface area (Å²) in [5.74, 6) is 0.372. The van der Waals surface area contributed by atoms with Gasteiger partial charge in [-0.3, -0.25) is 9.69 Å². The van der Waals surface area contributed by atoms with Gasteiger partial charge in [0.2, 0.25) is 5.91 Å². The highest BCUT2D eigenvalue weighted by atomic mass is 32.2. The first-order valence-electron chi connectivity index (χ1n) is 9.63. The summed E-state index contributed by atoms with van der Waals surface area (Å²) in [5.41, 5.74) is 0.568. The topological polar surface area (TPSA) is 73.3 Å². The van der Waals surface area contributed by atoms with Crippen molar-refractivity contribution in [2.45, 2.75) is 36.6 Å². The molecule has 1 aliphatic carbocycles. The molecule has 1 saturated heterocycles. The minimum absolute atomic E-state index is 0.0213. The number of fused-ring (bicyclic) bond motifs is 1. The fraction of sp³-hybridized carbons (Fsp3) is 0.579. The lowest BCUT2D eigenvalue weighted by molar-refractivity contribution is -0.133. The number of amides is 1. The monoisotopic (exact) mass is 390 g/mol. The van der Waals surface area contributed by atoms with Crippen LogP contribution < -0.4 is 0 Å². The number of rotatable bonds is 3. The quantitative estimate of drug-likeness (QED) is 0.774.